The lowest BCUT2D eigenvalue weighted by Crippen LogP contribution is -2.34. The van der Waals surface area contributed by atoms with Crippen LogP contribution in [0.3, 0.4) is 0 Å². The summed E-state index contributed by atoms with van der Waals surface area (Å²) in [5, 5.41) is 13.2. The van der Waals surface area contributed by atoms with E-state index in [1.807, 2.05) is 0 Å². The molecule has 1 aromatic rings. The molecule has 6 heteroatoms. The van der Waals surface area contributed by atoms with E-state index in [-0.39, 0.29) is 11.5 Å². The average molecular weight is 279 g/mol. The van der Waals surface area contributed by atoms with E-state index in [0.717, 1.165) is 25.7 Å². The standard InChI is InChI=1S/C14H21N3O3/c18-12(10-3-7-20-8-4-10)9-16-13-14(19)17(6-5-15-13)11-1-2-11/h5-6,10-12,18H,1-4,7-9H2,(H,15,16). The molecular formula is C14H21N3O3. The molecule has 1 unspecified atom stereocenters. The zero-order valence-corrected chi connectivity index (χ0v) is 11.5. The molecule has 0 radical (unpaired) electrons. The predicted octanol–water partition coefficient (Wildman–Crippen LogP) is 0.778. The number of anilines is 1. The molecule has 2 heterocycles. The number of hydrogen-bond donors (Lipinski definition) is 2. The molecule has 1 saturated carbocycles. The van der Waals surface area contributed by atoms with E-state index in [1.54, 1.807) is 17.0 Å². The third kappa shape index (κ3) is 3.02. The van der Waals surface area contributed by atoms with Crippen molar-refractivity contribution < 1.29 is 9.84 Å². The fourth-order valence-electron chi connectivity index (χ4n) is 2.65. The first-order valence-corrected chi connectivity index (χ1v) is 7.32. The van der Waals surface area contributed by atoms with Gasteiger partial charge in [-0.2, -0.15) is 0 Å². The highest BCUT2D eigenvalue weighted by Crippen LogP contribution is 2.33. The first-order valence-electron chi connectivity index (χ1n) is 7.32. The Morgan fingerprint density at radius 3 is 2.85 bits per heavy atom. The van der Waals surface area contributed by atoms with Crippen molar-refractivity contribution in [2.24, 2.45) is 5.92 Å². The van der Waals surface area contributed by atoms with Crippen molar-refractivity contribution in [3.63, 3.8) is 0 Å². The van der Waals surface area contributed by atoms with Gasteiger partial charge in [-0.25, -0.2) is 4.98 Å². The maximum absolute atomic E-state index is 12.2. The van der Waals surface area contributed by atoms with Crippen molar-refractivity contribution in [2.45, 2.75) is 37.8 Å². The van der Waals surface area contributed by atoms with Gasteiger partial charge in [-0.1, -0.05) is 0 Å². The maximum Gasteiger partial charge on any atom is 0.293 e. The summed E-state index contributed by atoms with van der Waals surface area (Å²) in [6.45, 7) is 1.78. The van der Waals surface area contributed by atoms with Crippen molar-refractivity contribution in [1.82, 2.24) is 9.55 Å². The molecule has 2 fully saturated rings. The van der Waals surface area contributed by atoms with Crippen molar-refractivity contribution in [1.29, 1.82) is 0 Å². The van der Waals surface area contributed by atoms with Crippen LogP contribution in [0.25, 0.3) is 0 Å². The van der Waals surface area contributed by atoms with E-state index in [0.29, 0.717) is 31.6 Å². The topological polar surface area (TPSA) is 76.4 Å². The fraction of sp³-hybridized carbons (Fsp3) is 0.714. The predicted molar refractivity (Wildman–Crippen MR) is 74.8 cm³/mol. The number of aromatic nitrogens is 2. The Hall–Kier alpha value is -1.40. The fourth-order valence-corrected chi connectivity index (χ4v) is 2.65. The van der Waals surface area contributed by atoms with Crippen molar-refractivity contribution in [3.8, 4) is 0 Å². The molecule has 1 aliphatic carbocycles. The van der Waals surface area contributed by atoms with Gasteiger partial charge in [-0.05, 0) is 31.6 Å². The van der Waals surface area contributed by atoms with Gasteiger partial charge in [0.05, 0.1) is 6.10 Å². The lowest BCUT2D eigenvalue weighted by Gasteiger charge is -2.26. The van der Waals surface area contributed by atoms with Gasteiger partial charge in [-0.3, -0.25) is 4.79 Å². The molecule has 2 N–H and O–H groups in total. The molecule has 0 amide bonds. The summed E-state index contributed by atoms with van der Waals surface area (Å²) >= 11 is 0. The highest BCUT2D eigenvalue weighted by Gasteiger charge is 2.26. The quantitative estimate of drug-likeness (QED) is 0.833. The summed E-state index contributed by atoms with van der Waals surface area (Å²) in [7, 11) is 0. The minimum absolute atomic E-state index is 0.0887. The molecule has 1 atom stereocenters. The summed E-state index contributed by atoms with van der Waals surface area (Å²) < 4.78 is 7.02. The highest BCUT2D eigenvalue weighted by molar-refractivity contribution is 5.31. The van der Waals surface area contributed by atoms with Crippen LogP contribution >= 0.6 is 0 Å². The van der Waals surface area contributed by atoms with E-state index in [4.69, 9.17) is 4.74 Å². The third-order valence-corrected chi connectivity index (χ3v) is 4.10. The molecule has 0 spiro atoms. The van der Waals surface area contributed by atoms with Gasteiger partial charge in [0, 0.05) is 38.2 Å². The number of nitrogens with one attached hydrogen (secondary N) is 1. The molecule has 0 aromatic carbocycles. The smallest absolute Gasteiger partial charge is 0.293 e. The minimum atomic E-state index is -0.463. The zero-order chi connectivity index (χ0) is 13.9. The lowest BCUT2D eigenvalue weighted by atomic mass is 9.94. The minimum Gasteiger partial charge on any atom is -0.391 e. The maximum atomic E-state index is 12.2. The van der Waals surface area contributed by atoms with Crippen LogP contribution in [0.1, 0.15) is 31.7 Å². The van der Waals surface area contributed by atoms with E-state index in [9.17, 15) is 9.90 Å². The monoisotopic (exact) mass is 279 g/mol. The van der Waals surface area contributed by atoms with Gasteiger partial charge in [0.2, 0.25) is 0 Å². The third-order valence-electron chi connectivity index (χ3n) is 4.10. The van der Waals surface area contributed by atoms with Gasteiger partial charge >= 0.3 is 0 Å². The molecule has 1 saturated heterocycles. The molecule has 1 aliphatic heterocycles. The molecule has 20 heavy (non-hydrogen) atoms. The second-order valence-electron chi connectivity index (χ2n) is 5.62. The highest BCUT2D eigenvalue weighted by atomic mass is 16.5. The van der Waals surface area contributed by atoms with E-state index >= 15 is 0 Å². The molecule has 2 aliphatic rings. The van der Waals surface area contributed by atoms with Crippen LogP contribution in [0.4, 0.5) is 5.82 Å². The van der Waals surface area contributed by atoms with Crippen LogP contribution in [0.15, 0.2) is 17.2 Å². The number of ether oxygens (including phenoxy) is 1. The van der Waals surface area contributed by atoms with Gasteiger partial charge in [0.1, 0.15) is 0 Å². The van der Waals surface area contributed by atoms with Crippen LogP contribution in [0, 0.1) is 5.92 Å². The van der Waals surface area contributed by atoms with Gasteiger partial charge in [-0.15, -0.1) is 0 Å². The molecule has 1 aromatic heterocycles. The van der Waals surface area contributed by atoms with Crippen LogP contribution in [0.2, 0.25) is 0 Å². The van der Waals surface area contributed by atoms with E-state index in [1.165, 1.54) is 0 Å². The summed E-state index contributed by atoms with van der Waals surface area (Å²) in [6, 6.07) is 0.339. The number of hydrogen-bond acceptors (Lipinski definition) is 5. The molecule has 6 nitrogen and oxygen atoms in total. The SMILES string of the molecule is O=c1c(NCC(O)C2CCOCC2)nccn1C1CC1. The Kier molecular flexibility index (Phi) is 4.03. The first kappa shape index (κ1) is 13.6. The Labute approximate surface area is 117 Å². The number of aliphatic hydroxyl groups is 1. The second kappa shape index (κ2) is 5.93. The Balaban J connectivity index is 1.60. The first-order chi connectivity index (χ1) is 9.75. The second-order valence-corrected chi connectivity index (χ2v) is 5.62. The molecule has 0 bridgehead atoms. The van der Waals surface area contributed by atoms with Gasteiger partial charge in [0.15, 0.2) is 5.82 Å². The molecular weight excluding hydrogens is 258 g/mol. The Morgan fingerprint density at radius 2 is 2.15 bits per heavy atom. The number of rotatable bonds is 5. The number of nitrogens with zero attached hydrogens (tertiary/aromatic N) is 2. The van der Waals surface area contributed by atoms with Crippen molar-refractivity contribution in [2.75, 3.05) is 25.1 Å². The Morgan fingerprint density at radius 1 is 1.40 bits per heavy atom. The molecule has 3 rings (SSSR count). The lowest BCUT2D eigenvalue weighted by molar-refractivity contribution is 0.0131. The van der Waals surface area contributed by atoms with Crippen LogP contribution < -0.4 is 10.9 Å². The van der Waals surface area contributed by atoms with Crippen LogP contribution in [0.5, 0.6) is 0 Å². The van der Waals surface area contributed by atoms with E-state index in [2.05, 4.69) is 10.3 Å². The van der Waals surface area contributed by atoms with Crippen LogP contribution in [-0.4, -0.2) is 40.5 Å². The largest absolute Gasteiger partial charge is 0.391 e. The summed E-state index contributed by atoms with van der Waals surface area (Å²) in [6.07, 6.45) is 6.79. The summed E-state index contributed by atoms with van der Waals surface area (Å²) in [5.41, 5.74) is -0.0887. The molecule has 110 valence electrons. The Bertz CT molecular complexity index is 507. The normalized spacial score (nSPS) is 21.6. The van der Waals surface area contributed by atoms with Crippen molar-refractivity contribution in [3.05, 3.63) is 22.7 Å². The summed E-state index contributed by atoms with van der Waals surface area (Å²) in [4.78, 5) is 16.3. The zero-order valence-electron chi connectivity index (χ0n) is 11.5. The average Bonchev–Trinajstić information content (AvgIpc) is 3.31. The van der Waals surface area contributed by atoms with E-state index < -0.39 is 6.10 Å². The number of aliphatic hydroxyl groups excluding tert-OH is 1. The van der Waals surface area contributed by atoms with Gasteiger partial charge in [0.25, 0.3) is 5.56 Å². The van der Waals surface area contributed by atoms with Crippen molar-refractivity contribution >= 4 is 5.82 Å². The summed E-state index contributed by atoms with van der Waals surface area (Å²) in [5.74, 6) is 0.580. The van der Waals surface area contributed by atoms with Crippen LogP contribution in [-0.2, 0) is 4.74 Å². The van der Waals surface area contributed by atoms with Gasteiger partial charge < -0.3 is 19.7 Å².